The predicted octanol–water partition coefficient (Wildman–Crippen LogP) is 0.543. The lowest BCUT2D eigenvalue weighted by atomic mass is 10.1. The molecule has 0 bridgehead atoms. The smallest absolute Gasteiger partial charge is 0.227 e. The van der Waals surface area contributed by atoms with Gasteiger partial charge in [-0.05, 0) is 17.7 Å². The molecule has 2 aromatic rings. The fourth-order valence-corrected chi connectivity index (χ4v) is 2.56. The molecule has 1 N–H and O–H groups in total. The summed E-state index contributed by atoms with van der Waals surface area (Å²) >= 11 is 0. The minimum atomic E-state index is -0.979. The van der Waals surface area contributed by atoms with E-state index in [9.17, 15) is 18.7 Å². The number of hydrogen-bond donors (Lipinski definition) is 1. The monoisotopic (exact) mass is 308 g/mol. The number of benzene rings is 1. The van der Waals surface area contributed by atoms with E-state index in [2.05, 4.69) is 10.3 Å². The maximum atomic E-state index is 13.2. The summed E-state index contributed by atoms with van der Waals surface area (Å²) in [6.07, 6.45) is 2.33. The van der Waals surface area contributed by atoms with Crippen LogP contribution in [0.4, 0.5) is 8.78 Å². The molecule has 2 heterocycles. The number of aliphatic hydroxyl groups is 1. The molecule has 0 saturated carbocycles. The second-order valence-corrected chi connectivity index (χ2v) is 5.24. The molecule has 22 heavy (non-hydrogen) atoms. The number of hydrogen-bond acceptors (Lipinski definition) is 4. The Hall–Kier alpha value is -2.35. The average molecular weight is 308 g/mol. The van der Waals surface area contributed by atoms with Crippen LogP contribution >= 0.6 is 0 Å². The van der Waals surface area contributed by atoms with E-state index in [1.807, 2.05) is 0 Å². The molecule has 6 nitrogen and oxygen atoms in total. The molecule has 1 aliphatic heterocycles. The molecule has 8 heteroatoms. The summed E-state index contributed by atoms with van der Waals surface area (Å²) in [4.78, 5) is 13.7. The largest absolute Gasteiger partial charge is 0.389 e. The minimum absolute atomic E-state index is 0.0476. The summed E-state index contributed by atoms with van der Waals surface area (Å²) in [7, 11) is 0. The Balaban J connectivity index is 1.67. The first kappa shape index (κ1) is 14.6. The van der Waals surface area contributed by atoms with Crippen molar-refractivity contribution in [2.45, 2.75) is 18.6 Å². The number of carbonyl (C=O) groups excluding carboxylic acids is 1. The normalized spacial score (nSPS) is 21.3. The lowest BCUT2D eigenvalue weighted by Gasteiger charge is -2.16. The molecule has 1 aromatic carbocycles. The van der Waals surface area contributed by atoms with Gasteiger partial charge in [-0.15, -0.1) is 5.10 Å². The van der Waals surface area contributed by atoms with Crippen LogP contribution in [0.5, 0.6) is 0 Å². The molecule has 0 aliphatic carbocycles. The third-order valence-electron chi connectivity index (χ3n) is 3.73. The van der Waals surface area contributed by atoms with Crippen molar-refractivity contribution in [1.82, 2.24) is 19.9 Å². The Morgan fingerprint density at radius 3 is 2.82 bits per heavy atom. The number of carbonyl (C=O) groups is 1. The summed E-state index contributed by atoms with van der Waals surface area (Å²) in [6, 6.07) is 3.03. The lowest BCUT2D eigenvalue weighted by molar-refractivity contribution is -0.129. The lowest BCUT2D eigenvalue weighted by Crippen LogP contribution is -2.31. The van der Waals surface area contributed by atoms with Gasteiger partial charge >= 0.3 is 0 Å². The number of rotatable bonds is 3. The Morgan fingerprint density at radius 2 is 2.14 bits per heavy atom. The summed E-state index contributed by atoms with van der Waals surface area (Å²) in [5.74, 6) is -2.18. The van der Waals surface area contributed by atoms with E-state index in [0.717, 1.165) is 12.1 Å². The van der Waals surface area contributed by atoms with E-state index in [1.165, 1.54) is 21.8 Å². The highest BCUT2D eigenvalue weighted by molar-refractivity contribution is 5.79. The SMILES string of the molecule is O=C(Cc1ccc(F)c(F)c1)N1C[C@@H](O)[C@H](n2ccnn2)C1. The molecule has 3 rings (SSSR count). The number of nitrogens with zero attached hydrogens (tertiary/aromatic N) is 4. The van der Waals surface area contributed by atoms with Crippen LogP contribution in [-0.4, -0.2) is 50.1 Å². The molecule has 0 unspecified atom stereocenters. The van der Waals surface area contributed by atoms with E-state index in [0.29, 0.717) is 12.1 Å². The third-order valence-corrected chi connectivity index (χ3v) is 3.73. The van der Waals surface area contributed by atoms with Gasteiger partial charge in [-0.2, -0.15) is 0 Å². The van der Waals surface area contributed by atoms with Crippen LogP contribution in [-0.2, 0) is 11.2 Å². The zero-order chi connectivity index (χ0) is 15.7. The minimum Gasteiger partial charge on any atom is -0.389 e. The highest BCUT2D eigenvalue weighted by Crippen LogP contribution is 2.22. The average Bonchev–Trinajstić information content (AvgIpc) is 3.12. The maximum absolute atomic E-state index is 13.2. The zero-order valence-corrected chi connectivity index (χ0v) is 11.6. The highest BCUT2D eigenvalue weighted by Gasteiger charge is 2.35. The van der Waals surface area contributed by atoms with Gasteiger partial charge < -0.3 is 10.0 Å². The molecule has 1 saturated heterocycles. The molecule has 1 aromatic heterocycles. The Morgan fingerprint density at radius 1 is 1.32 bits per heavy atom. The number of aliphatic hydroxyl groups excluding tert-OH is 1. The molecule has 1 fully saturated rings. The molecule has 2 atom stereocenters. The number of amides is 1. The van der Waals surface area contributed by atoms with Crippen molar-refractivity contribution < 1.29 is 18.7 Å². The van der Waals surface area contributed by atoms with E-state index in [1.54, 1.807) is 6.20 Å². The molecule has 1 amide bonds. The van der Waals surface area contributed by atoms with Crippen LogP contribution in [0.2, 0.25) is 0 Å². The summed E-state index contributed by atoms with van der Waals surface area (Å²) < 4.78 is 27.5. The molecule has 1 aliphatic rings. The molecule has 0 spiro atoms. The van der Waals surface area contributed by atoms with Gasteiger partial charge in [-0.1, -0.05) is 11.3 Å². The van der Waals surface area contributed by atoms with E-state index < -0.39 is 17.7 Å². The van der Waals surface area contributed by atoms with Crippen molar-refractivity contribution in [1.29, 1.82) is 0 Å². The first-order valence-corrected chi connectivity index (χ1v) is 6.80. The van der Waals surface area contributed by atoms with Crippen LogP contribution in [0.3, 0.4) is 0 Å². The topological polar surface area (TPSA) is 71.2 Å². The van der Waals surface area contributed by atoms with Crippen molar-refractivity contribution in [3.8, 4) is 0 Å². The Bertz CT molecular complexity index is 677. The second kappa shape index (κ2) is 5.80. The number of β-amino-alcohol motifs (C(OH)–C–C–N with tert-alkyl or cyclic N) is 1. The van der Waals surface area contributed by atoms with Gasteiger partial charge in [0.25, 0.3) is 0 Å². The van der Waals surface area contributed by atoms with Crippen LogP contribution in [0, 0.1) is 11.6 Å². The Kier molecular flexibility index (Phi) is 3.84. The van der Waals surface area contributed by atoms with Gasteiger partial charge in [0.05, 0.1) is 24.8 Å². The van der Waals surface area contributed by atoms with Crippen LogP contribution in [0.25, 0.3) is 0 Å². The van der Waals surface area contributed by atoms with Gasteiger partial charge in [0.15, 0.2) is 11.6 Å². The molecule has 116 valence electrons. The Labute approximate surface area is 125 Å². The van der Waals surface area contributed by atoms with Crippen LogP contribution in [0.1, 0.15) is 11.6 Å². The van der Waals surface area contributed by atoms with Gasteiger partial charge in [-0.3, -0.25) is 4.79 Å². The third kappa shape index (κ3) is 2.82. The van der Waals surface area contributed by atoms with Gasteiger partial charge in [-0.25, -0.2) is 13.5 Å². The number of aromatic nitrogens is 3. The van der Waals surface area contributed by atoms with Gasteiger partial charge in [0.2, 0.25) is 5.91 Å². The van der Waals surface area contributed by atoms with E-state index in [-0.39, 0.29) is 24.9 Å². The first-order valence-electron chi connectivity index (χ1n) is 6.80. The van der Waals surface area contributed by atoms with E-state index in [4.69, 9.17) is 0 Å². The maximum Gasteiger partial charge on any atom is 0.227 e. The zero-order valence-electron chi connectivity index (χ0n) is 11.6. The quantitative estimate of drug-likeness (QED) is 0.898. The summed E-state index contributed by atoms with van der Waals surface area (Å²) in [5, 5.41) is 17.5. The van der Waals surface area contributed by atoms with Crippen LogP contribution < -0.4 is 0 Å². The number of likely N-dealkylation sites (tertiary alicyclic amines) is 1. The summed E-state index contributed by atoms with van der Waals surface area (Å²) in [5.41, 5.74) is 0.391. The molecular formula is C14H14F2N4O2. The van der Waals surface area contributed by atoms with Crippen molar-refractivity contribution in [3.05, 3.63) is 47.8 Å². The van der Waals surface area contributed by atoms with Crippen molar-refractivity contribution in [2.24, 2.45) is 0 Å². The number of halogens is 2. The van der Waals surface area contributed by atoms with Gasteiger partial charge in [0, 0.05) is 19.3 Å². The fourth-order valence-electron chi connectivity index (χ4n) is 2.56. The van der Waals surface area contributed by atoms with Crippen LogP contribution in [0.15, 0.2) is 30.6 Å². The fraction of sp³-hybridized carbons (Fsp3) is 0.357. The summed E-state index contributed by atoms with van der Waals surface area (Å²) in [6.45, 7) is 0.472. The first-order chi connectivity index (χ1) is 10.5. The van der Waals surface area contributed by atoms with Crippen molar-refractivity contribution >= 4 is 5.91 Å². The molecule has 0 radical (unpaired) electrons. The standard InChI is InChI=1S/C14H14F2N4O2/c15-10-2-1-9(5-11(10)16)6-14(22)19-7-12(13(21)8-19)20-4-3-17-18-20/h1-5,12-13,21H,6-8H2/t12-,13-/m1/s1. The second-order valence-electron chi connectivity index (χ2n) is 5.24. The highest BCUT2D eigenvalue weighted by atomic mass is 19.2. The van der Waals surface area contributed by atoms with Crippen molar-refractivity contribution in [3.63, 3.8) is 0 Å². The van der Waals surface area contributed by atoms with E-state index >= 15 is 0 Å². The molecular weight excluding hydrogens is 294 g/mol. The predicted molar refractivity (Wildman–Crippen MR) is 71.7 cm³/mol. The van der Waals surface area contributed by atoms with Gasteiger partial charge in [0.1, 0.15) is 0 Å². The van der Waals surface area contributed by atoms with Crippen molar-refractivity contribution in [2.75, 3.05) is 13.1 Å².